The summed E-state index contributed by atoms with van der Waals surface area (Å²) in [6.07, 6.45) is 13.9. The highest BCUT2D eigenvalue weighted by Gasteiger charge is 2.62. The van der Waals surface area contributed by atoms with E-state index in [-0.39, 0.29) is 120 Å². The lowest BCUT2D eigenvalue weighted by atomic mass is 9.85. The Morgan fingerprint density at radius 2 is 0.620 bits per heavy atom. The van der Waals surface area contributed by atoms with Crippen molar-refractivity contribution >= 4 is 47.3 Å². The van der Waals surface area contributed by atoms with Gasteiger partial charge in [-0.15, -0.1) is 0 Å². The molecular weight excluding hydrogens is 640 g/mol. The van der Waals surface area contributed by atoms with Gasteiger partial charge in [-0.2, -0.15) is 0 Å². The van der Waals surface area contributed by atoms with E-state index in [2.05, 4.69) is 24.3 Å². The van der Waals surface area contributed by atoms with E-state index in [1.807, 2.05) is 0 Å². The number of likely N-dealkylation sites (tertiary alicyclic amines) is 4. The Kier molecular flexibility index (Phi) is 6.64. The number of rotatable bonds is 5. The van der Waals surface area contributed by atoms with Gasteiger partial charge in [0.05, 0.1) is 35.5 Å². The summed E-state index contributed by atoms with van der Waals surface area (Å²) in [5.41, 5.74) is 0. The second kappa shape index (κ2) is 10.8. The predicted molar refractivity (Wildman–Crippen MR) is 171 cm³/mol. The van der Waals surface area contributed by atoms with Gasteiger partial charge in [0.1, 0.15) is 0 Å². The lowest BCUT2D eigenvalue weighted by Gasteiger charge is -2.37. The molecule has 4 saturated heterocycles. The minimum Gasteiger partial charge on any atom is -0.279 e. The first-order valence-electron chi connectivity index (χ1n) is 18.9. The fourth-order valence-electron chi connectivity index (χ4n) is 12.5. The fourth-order valence-corrected chi connectivity index (χ4v) is 12.5. The smallest absolute Gasteiger partial charge is 0.233 e. The van der Waals surface area contributed by atoms with Crippen LogP contribution >= 0.6 is 0 Å². The summed E-state index contributed by atoms with van der Waals surface area (Å²) in [6.45, 7) is 0. The first-order valence-corrected chi connectivity index (χ1v) is 18.9. The van der Waals surface area contributed by atoms with Crippen molar-refractivity contribution in [3.8, 4) is 0 Å². The van der Waals surface area contributed by atoms with E-state index >= 15 is 0 Å². The second-order valence-corrected chi connectivity index (χ2v) is 16.8. The maximum Gasteiger partial charge on any atom is 0.233 e. The molecule has 8 fully saturated rings. The average Bonchev–Trinajstić information content (AvgIpc) is 3.98. The summed E-state index contributed by atoms with van der Waals surface area (Å²) < 4.78 is 0. The standard InChI is InChI=1S/C38H42N4O8/c43-27-15-25(33(45)39(27)21-5-9-23(10-6-21)41-35(47)29-17-1-2-18(13-17)30(29)36(41)48)26-16-28(44)40(34(26)46)22-7-11-24(12-8-22)42-37(49)31-19-3-4-20(14-19)32(31)38(42)50/h1-4,17-26,29-32H,5-16H2. The largest absolute Gasteiger partial charge is 0.279 e. The molecule has 4 heterocycles. The third-order valence-corrected chi connectivity index (χ3v) is 14.7. The Hall–Kier alpha value is -3.96. The minimum atomic E-state index is -0.884. The van der Waals surface area contributed by atoms with E-state index in [1.54, 1.807) is 0 Å². The quantitative estimate of drug-likeness (QED) is 0.316. The molecule has 12 nitrogen and oxygen atoms in total. The van der Waals surface area contributed by atoms with Gasteiger partial charge in [-0.25, -0.2) is 0 Å². The fraction of sp³-hybridized carbons (Fsp3) is 0.684. The second-order valence-electron chi connectivity index (χ2n) is 16.8. The average molecular weight is 683 g/mol. The van der Waals surface area contributed by atoms with E-state index < -0.39 is 23.7 Å². The van der Waals surface area contributed by atoms with Gasteiger partial charge in [0.15, 0.2) is 0 Å². The zero-order valence-corrected chi connectivity index (χ0v) is 27.9. The number of fused-ring (bicyclic) bond motifs is 10. The lowest BCUT2D eigenvalue weighted by molar-refractivity contribution is -0.150. The van der Waals surface area contributed by atoms with Gasteiger partial charge in [-0.05, 0) is 87.9 Å². The molecule has 0 aromatic heterocycles. The van der Waals surface area contributed by atoms with Crippen LogP contribution in [0.15, 0.2) is 24.3 Å². The van der Waals surface area contributed by atoms with E-state index in [0.29, 0.717) is 51.4 Å². The van der Waals surface area contributed by atoms with Gasteiger partial charge in [-0.1, -0.05) is 24.3 Å². The Labute approximate surface area is 289 Å². The Morgan fingerprint density at radius 1 is 0.360 bits per heavy atom. The SMILES string of the molecule is O=C1CC(C2CC(=O)N(C3CCC(N4C(=O)C5C6C=CC(C6)C5C4=O)CC3)C2=O)C(=O)N1C1CCC(N2C(=O)C3C4C=CC(C4)C3C2=O)CC1. The molecule has 10 atom stereocenters. The number of allylic oxidation sites excluding steroid dienone is 4. The maximum absolute atomic E-state index is 13.8. The van der Waals surface area contributed by atoms with Crippen LogP contribution in [0.4, 0.5) is 0 Å². The van der Waals surface area contributed by atoms with Crippen molar-refractivity contribution in [3.63, 3.8) is 0 Å². The van der Waals surface area contributed by atoms with E-state index in [1.165, 1.54) is 19.6 Å². The monoisotopic (exact) mass is 682 g/mol. The minimum absolute atomic E-state index is 0.0688. The first-order chi connectivity index (χ1) is 24.1. The number of hydrogen-bond acceptors (Lipinski definition) is 8. The Morgan fingerprint density at radius 3 is 0.900 bits per heavy atom. The summed E-state index contributed by atoms with van der Waals surface area (Å²) in [6, 6.07) is -1.18. The van der Waals surface area contributed by atoms with Crippen molar-refractivity contribution in [1.82, 2.24) is 19.6 Å². The van der Waals surface area contributed by atoms with Crippen LogP contribution in [0.5, 0.6) is 0 Å². The molecule has 50 heavy (non-hydrogen) atoms. The Balaban J connectivity index is 0.758. The molecule has 0 aromatic carbocycles. The number of nitrogens with zero attached hydrogens (tertiary/aromatic N) is 4. The molecule has 0 spiro atoms. The van der Waals surface area contributed by atoms with Crippen molar-refractivity contribution in [2.45, 2.75) is 101 Å². The zero-order chi connectivity index (χ0) is 34.3. The van der Waals surface area contributed by atoms with Crippen LogP contribution in [0.3, 0.4) is 0 Å². The molecule has 4 aliphatic heterocycles. The Bertz CT molecular complexity index is 1540. The predicted octanol–water partition coefficient (Wildman–Crippen LogP) is 1.97. The molecule has 10 unspecified atom stereocenters. The number of amides is 8. The number of imide groups is 4. The van der Waals surface area contributed by atoms with Crippen LogP contribution in [0.25, 0.3) is 0 Å². The summed E-state index contributed by atoms with van der Waals surface area (Å²) in [5, 5.41) is 0. The third-order valence-electron chi connectivity index (χ3n) is 14.7. The van der Waals surface area contributed by atoms with Crippen LogP contribution in [0, 0.1) is 59.2 Å². The summed E-state index contributed by atoms with van der Waals surface area (Å²) >= 11 is 0. The van der Waals surface area contributed by atoms with Gasteiger partial charge in [0.25, 0.3) is 0 Å². The van der Waals surface area contributed by atoms with E-state index in [4.69, 9.17) is 0 Å². The molecule has 8 amide bonds. The topological polar surface area (TPSA) is 150 Å². The molecule has 4 bridgehead atoms. The molecule has 0 aromatic rings. The van der Waals surface area contributed by atoms with Crippen molar-refractivity contribution in [2.75, 3.05) is 0 Å². The van der Waals surface area contributed by atoms with Crippen molar-refractivity contribution in [1.29, 1.82) is 0 Å². The zero-order valence-electron chi connectivity index (χ0n) is 27.9. The van der Waals surface area contributed by atoms with Crippen molar-refractivity contribution in [3.05, 3.63) is 24.3 Å². The van der Waals surface area contributed by atoms with Gasteiger partial charge in [-0.3, -0.25) is 58.0 Å². The highest BCUT2D eigenvalue weighted by atomic mass is 16.2. The van der Waals surface area contributed by atoms with Gasteiger partial charge < -0.3 is 0 Å². The number of carbonyl (C=O) groups excluding carboxylic acids is 8. The van der Waals surface area contributed by atoms with E-state index in [9.17, 15) is 38.4 Å². The number of carbonyl (C=O) groups is 8. The molecule has 6 aliphatic carbocycles. The van der Waals surface area contributed by atoms with Crippen LogP contribution < -0.4 is 0 Å². The summed E-state index contributed by atoms with van der Waals surface area (Å²) in [4.78, 5) is 113. The van der Waals surface area contributed by atoms with Crippen LogP contribution in [0.1, 0.15) is 77.0 Å². The molecule has 10 rings (SSSR count). The van der Waals surface area contributed by atoms with Crippen molar-refractivity contribution < 1.29 is 38.4 Å². The third kappa shape index (κ3) is 4.04. The molecular formula is C38H42N4O8. The number of hydrogen-bond donors (Lipinski definition) is 0. The lowest BCUT2D eigenvalue weighted by Crippen LogP contribution is -2.49. The highest BCUT2D eigenvalue weighted by Crippen LogP contribution is 2.55. The van der Waals surface area contributed by atoms with Gasteiger partial charge >= 0.3 is 0 Å². The molecule has 0 radical (unpaired) electrons. The van der Waals surface area contributed by atoms with Crippen LogP contribution in [-0.2, 0) is 38.4 Å². The first kappa shape index (κ1) is 30.8. The normalized spacial score (nSPS) is 46.2. The summed E-state index contributed by atoms with van der Waals surface area (Å²) in [7, 11) is 0. The molecule has 4 saturated carbocycles. The molecule has 0 N–H and O–H groups in total. The maximum atomic E-state index is 13.8. The molecule has 12 heteroatoms. The van der Waals surface area contributed by atoms with Crippen LogP contribution in [0.2, 0.25) is 0 Å². The molecule has 10 aliphatic rings. The van der Waals surface area contributed by atoms with Crippen LogP contribution in [-0.4, -0.2) is 91.0 Å². The van der Waals surface area contributed by atoms with Gasteiger partial charge in [0, 0.05) is 37.0 Å². The highest BCUT2D eigenvalue weighted by molar-refractivity contribution is 6.11. The van der Waals surface area contributed by atoms with E-state index in [0.717, 1.165) is 12.8 Å². The summed E-state index contributed by atoms with van der Waals surface area (Å²) in [5.74, 6) is -3.90. The molecule has 262 valence electrons. The van der Waals surface area contributed by atoms with Crippen molar-refractivity contribution in [2.24, 2.45) is 59.2 Å². The van der Waals surface area contributed by atoms with Gasteiger partial charge in [0.2, 0.25) is 47.3 Å².